The highest BCUT2D eigenvalue weighted by atomic mass is 35.6. The zero-order valence-electron chi connectivity index (χ0n) is 2.79. The van der Waals surface area contributed by atoms with Gasteiger partial charge in [-0.1, -0.05) is 34.8 Å². The summed E-state index contributed by atoms with van der Waals surface area (Å²) in [4.78, 5) is 8.15. The molecule has 0 aromatic carbocycles. The highest BCUT2D eigenvalue weighted by Crippen LogP contribution is 2.22. The molecule has 0 radical (unpaired) electrons. The molecule has 0 unspecified atom stereocenters. The van der Waals surface area contributed by atoms with Crippen LogP contribution >= 0.6 is 34.8 Å². The van der Waals surface area contributed by atoms with Crippen LogP contribution < -0.4 is 0 Å². The summed E-state index contributed by atoms with van der Waals surface area (Å²) in [6.07, 6.45) is 0. The number of halogens is 3. The van der Waals surface area contributed by atoms with Crippen molar-refractivity contribution < 1.29 is 4.80 Å². The summed E-state index contributed by atoms with van der Waals surface area (Å²) in [6.45, 7) is 0. The lowest BCUT2D eigenvalue weighted by molar-refractivity contribution is 0.602. The van der Waals surface area contributed by atoms with Crippen molar-refractivity contribution in [1.29, 1.82) is 0 Å². The maximum Gasteiger partial charge on any atom is 0.213 e. The van der Waals surface area contributed by atoms with Gasteiger partial charge in [0.05, 0.1) is 0 Å². The monoisotopic (exact) mass is 164 g/mol. The summed E-state index contributed by atoms with van der Waals surface area (Å²) in [6, 6.07) is 0. The van der Waals surface area contributed by atoms with Crippen LogP contribution in [-0.4, -0.2) is 18.0 Å². The zero-order valence-corrected chi connectivity index (χ0v) is 6.47. The molecular weight excluding hydrogens is 162 g/mol. The summed E-state index contributed by atoms with van der Waals surface area (Å²) >= 11 is 15.2. The minimum Gasteiger partial charge on any atom is -0.433 e. The molecule has 0 aliphatic rings. The predicted molar refractivity (Wildman–Crippen MR) is 31.1 cm³/mol. The Bertz CT molecular complexity index is 40.5. The van der Waals surface area contributed by atoms with E-state index in [-0.39, 0.29) is 0 Å². The van der Waals surface area contributed by atoms with Gasteiger partial charge in [-0.25, -0.2) is 0 Å². The molecule has 1 nitrogen and oxygen atoms in total. The molecule has 1 N–H and O–H groups in total. The van der Waals surface area contributed by atoms with E-state index in [1.165, 1.54) is 0 Å². The van der Waals surface area contributed by atoms with E-state index in [1.54, 1.807) is 0 Å². The van der Waals surface area contributed by atoms with Crippen LogP contribution in [-0.2, 0) is 0 Å². The Balaban J connectivity index is 3.17. The van der Waals surface area contributed by atoms with Crippen molar-refractivity contribution in [2.75, 3.05) is 0 Å². The Kier molecular flexibility index (Phi) is 2.79. The largest absolute Gasteiger partial charge is 0.433 e. The lowest BCUT2D eigenvalue weighted by atomic mass is 11.8. The van der Waals surface area contributed by atoms with Crippen molar-refractivity contribution >= 4 is 44.6 Å². The summed E-state index contributed by atoms with van der Waals surface area (Å²) < 4.78 is -1.35. The van der Waals surface area contributed by atoms with Crippen LogP contribution in [0.15, 0.2) is 0 Å². The fraction of sp³-hybridized carbons (Fsp3) is 1.00. The molecule has 0 rings (SSSR count). The van der Waals surface area contributed by atoms with Gasteiger partial charge in [-0.2, -0.15) is 0 Å². The second kappa shape index (κ2) is 2.38. The molecule has 0 fully saturated rings. The van der Waals surface area contributed by atoms with Gasteiger partial charge in [0.2, 0.25) is 9.76 Å². The van der Waals surface area contributed by atoms with Gasteiger partial charge < -0.3 is 4.80 Å². The molecule has 0 aliphatic heterocycles. The molecule has 0 bridgehead atoms. The van der Waals surface area contributed by atoms with Crippen LogP contribution in [0.4, 0.5) is 0 Å². The van der Waals surface area contributed by atoms with Gasteiger partial charge in [0, 0.05) is 0 Å². The van der Waals surface area contributed by atoms with Crippen molar-refractivity contribution in [3.8, 4) is 0 Å². The Labute approximate surface area is 53.1 Å². The summed E-state index contributed by atoms with van der Waals surface area (Å²) in [5.41, 5.74) is 0. The standard InChI is InChI=1S/CH3Cl3OSi/c2-1(3,4)6-5/h5H,6H2. The minimum absolute atomic E-state index is 1.35. The smallest absolute Gasteiger partial charge is 0.213 e. The first kappa shape index (κ1) is 7.05. The molecule has 0 amide bonds. The first-order valence-corrected chi connectivity index (χ1v) is 3.71. The first-order chi connectivity index (χ1) is 2.56. The zero-order chi connectivity index (χ0) is 5.21. The second-order valence-corrected chi connectivity index (χ2v) is 6.01. The molecular formula is CH3Cl3OSi. The molecule has 0 saturated carbocycles. The van der Waals surface area contributed by atoms with Crippen molar-refractivity contribution in [3.05, 3.63) is 0 Å². The van der Waals surface area contributed by atoms with Crippen molar-refractivity contribution in [2.45, 2.75) is 3.42 Å². The third-order valence-corrected chi connectivity index (χ3v) is 1.61. The van der Waals surface area contributed by atoms with Gasteiger partial charge in [0.1, 0.15) is 0 Å². The van der Waals surface area contributed by atoms with E-state index in [2.05, 4.69) is 0 Å². The van der Waals surface area contributed by atoms with Crippen LogP contribution in [0.1, 0.15) is 0 Å². The van der Waals surface area contributed by atoms with E-state index in [9.17, 15) is 0 Å². The van der Waals surface area contributed by atoms with E-state index < -0.39 is 13.2 Å². The summed E-state index contributed by atoms with van der Waals surface area (Å²) in [5, 5.41) is 0. The maximum absolute atomic E-state index is 8.15. The van der Waals surface area contributed by atoms with E-state index in [4.69, 9.17) is 39.6 Å². The van der Waals surface area contributed by atoms with E-state index in [0.717, 1.165) is 0 Å². The molecule has 0 aromatic rings. The SMILES string of the molecule is O[SiH2]C(Cl)(Cl)Cl. The van der Waals surface area contributed by atoms with Crippen LogP contribution in [0, 0.1) is 0 Å². The second-order valence-electron chi connectivity index (χ2n) is 0.773. The molecule has 0 heterocycles. The summed E-state index contributed by atoms with van der Waals surface area (Å²) in [7, 11) is -1.45. The maximum atomic E-state index is 8.15. The Hall–Kier alpha value is 1.05. The summed E-state index contributed by atoms with van der Waals surface area (Å²) in [5.74, 6) is 0. The van der Waals surface area contributed by atoms with Gasteiger partial charge >= 0.3 is 0 Å². The van der Waals surface area contributed by atoms with Gasteiger partial charge in [-0.15, -0.1) is 0 Å². The Morgan fingerprint density at radius 2 is 1.50 bits per heavy atom. The Morgan fingerprint density at radius 1 is 1.33 bits per heavy atom. The highest BCUT2D eigenvalue weighted by molar-refractivity contribution is 6.85. The van der Waals surface area contributed by atoms with Crippen LogP contribution in [0.2, 0.25) is 0 Å². The number of hydrogen-bond acceptors (Lipinski definition) is 1. The van der Waals surface area contributed by atoms with Crippen molar-refractivity contribution in [2.24, 2.45) is 0 Å². The molecule has 6 heavy (non-hydrogen) atoms. The number of hydrogen-bond donors (Lipinski definition) is 1. The highest BCUT2D eigenvalue weighted by Gasteiger charge is 2.17. The molecule has 0 saturated heterocycles. The normalized spacial score (nSPS) is 14.0. The van der Waals surface area contributed by atoms with Crippen molar-refractivity contribution in [3.63, 3.8) is 0 Å². The first-order valence-electron chi connectivity index (χ1n) is 1.24. The van der Waals surface area contributed by atoms with Crippen molar-refractivity contribution in [1.82, 2.24) is 0 Å². The molecule has 38 valence electrons. The number of rotatable bonds is 0. The fourth-order valence-electron chi connectivity index (χ4n) is 0. The molecule has 0 atom stereocenters. The third-order valence-electron chi connectivity index (χ3n) is 0.179. The van der Waals surface area contributed by atoms with E-state index >= 15 is 0 Å². The van der Waals surface area contributed by atoms with Crippen LogP contribution in [0.5, 0.6) is 0 Å². The van der Waals surface area contributed by atoms with E-state index in [1.807, 2.05) is 0 Å². The third kappa shape index (κ3) is 5.05. The Morgan fingerprint density at radius 3 is 1.50 bits per heavy atom. The van der Waals surface area contributed by atoms with Crippen LogP contribution in [0.3, 0.4) is 0 Å². The average Bonchev–Trinajstić information content (AvgIpc) is 1.35. The predicted octanol–water partition coefficient (Wildman–Crippen LogP) is 0.390. The fourth-order valence-corrected chi connectivity index (χ4v) is 0. The molecule has 0 spiro atoms. The molecule has 5 heteroatoms. The van der Waals surface area contributed by atoms with Gasteiger partial charge in [-0.05, 0) is 0 Å². The van der Waals surface area contributed by atoms with Gasteiger partial charge in [0.25, 0.3) is 0 Å². The average molecular weight is 165 g/mol. The lowest BCUT2D eigenvalue weighted by Gasteiger charge is -2.00. The topological polar surface area (TPSA) is 20.2 Å². The number of alkyl halides is 3. The quantitative estimate of drug-likeness (QED) is 0.407. The van der Waals surface area contributed by atoms with E-state index in [0.29, 0.717) is 0 Å². The van der Waals surface area contributed by atoms with Crippen LogP contribution in [0.25, 0.3) is 0 Å². The lowest BCUT2D eigenvalue weighted by Crippen LogP contribution is -2.12. The molecule has 0 aliphatic carbocycles. The van der Waals surface area contributed by atoms with Gasteiger partial charge in [0.15, 0.2) is 3.42 Å². The minimum atomic E-state index is -1.45. The molecule has 0 aromatic heterocycles. The van der Waals surface area contributed by atoms with Gasteiger partial charge in [-0.3, -0.25) is 0 Å².